The Hall–Kier alpha value is -1.43. The molecule has 19 heavy (non-hydrogen) atoms. The standard InChI is InChI=1S/C13H19N3O2S/c1-7-12(19-9(3)15-7)8(2)16-13(18)10-4-5-11(17)14-6-10/h8,10H,4-6H2,1-3H3,(H,14,17)(H,16,18). The van der Waals surface area contributed by atoms with Gasteiger partial charge in [0.15, 0.2) is 0 Å². The molecule has 2 unspecified atom stereocenters. The zero-order valence-electron chi connectivity index (χ0n) is 11.4. The second-order valence-corrected chi connectivity index (χ2v) is 6.19. The van der Waals surface area contributed by atoms with E-state index in [1.165, 1.54) is 0 Å². The molecule has 1 aliphatic heterocycles. The summed E-state index contributed by atoms with van der Waals surface area (Å²) >= 11 is 1.62. The van der Waals surface area contributed by atoms with Crippen LogP contribution in [-0.2, 0) is 9.59 Å². The predicted octanol–water partition coefficient (Wildman–Crippen LogP) is 1.46. The average molecular weight is 281 g/mol. The van der Waals surface area contributed by atoms with Gasteiger partial charge in [0.25, 0.3) is 0 Å². The molecule has 2 N–H and O–H groups in total. The van der Waals surface area contributed by atoms with Crippen LogP contribution in [-0.4, -0.2) is 23.3 Å². The first-order valence-electron chi connectivity index (χ1n) is 6.48. The van der Waals surface area contributed by atoms with Crippen LogP contribution in [0.4, 0.5) is 0 Å². The number of carbonyl (C=O) groups excluding carboxylic acids is 2. The summed E-state index contributed by atoms with van der Waals surface area (Å²) in [6.07, 6.45) is 1.07. The molecule has 2 heterocycles. The first kappa shape index (κ1) is 14.0. The molecule has 0 aliphatic carbocycles. The number of hydrogen-bond acceptors (Lipinski definition) is 4. The lowest BCUT2D eigenvalue weighted by Crippen LogP contribution is -2.43. The minimum Gasteiger partial charge on any atom is -0.355 e. The minimum atomic E-state index is -0.116. The third kappa shape index (κ3) is 3.32. The molecule has 0 saturated carbocycles. The van der Waals surface area contributed by atoms with E-state index in [1.807, 2.05) is 20.8 Å². The Morgan fingerprint density at radius 2 is 2.26 bits per heavy atom. The highest BCUT2D eigenvalue weighted by Crippen LogP contribution is 2.25. The van der Waals surface area contributed by atoms with Gasteiger partial charge in [0.1, 0.15) is 0 Å². The smallest absolute Gasteiger partial charge is 0.225 e. The number of thiazole rings is 1. The van der Waals surface area contributed by atoms with Crippen molar-refractivity contribution in [2.24, 2.45) is 5.92 Å². The maximum atomic E-state index is 12.1. The molecule has 2 rings (SSSR count). The number of nitrogens with one attached hydrogen (secondary N) is 2. The fraction of sp³-hybridized carbons (Fsp3) is 0.615. The lowest BCUT2D eigenvalue weighted by Gasteiger charge is -2.23. The summed E-state index contributed by atoms with van der Waals surface area (Å²) in [5.41, 5.74) is 0.979. The van der Waals surface area contributed by atoms with E-state index in [0.29, 0.717) is 19.4 Å². The maximum absolute atomic E-state index is 12.1. The van der Waals surface area contributed by atoms with Crippen LogP contribution in [0, 0.1) is 19.8 Å². The largest absolute Gasteiger partial charge is 0.355 e. The van der Waals surface area contributed by atoms with E-state index in [0.717, 1.165) is 15.6 Å². The Morgan fingerprint density at radius 3 is 2.79 bits per heavy atom. The van der Waals surface area contributed by atoms with E-state index < -0.39 is 0 Å². The van der Waals surface area contributed by atoms with Crippen molar-refractivity contribution in [1.82, 2.24) is 15.6 Å². The summed E-state index contributed by atoms with van der Waals surface area (Å²) in [7, 11) is 0. The van der Waals surface area contributed by atoms with Crippen molar-refractivity contribution < 1.29 is 9.59 Å². The van der Waals surface area contributed by atoms with Gasteiger partial charge in [0.05, 0.1) is 22.7 Å². The minimum absolute atomic E-state index is 0.0120. The van der Waals surface area contributed by atoms with Gasteiger partial charge in [-0.3, -0.25) is 9.59 Å². The molecule has 0 bridgehead atoms. The Morgan fingerprint density at radius 1 is 1.53 bits per heavy atom. The summed E-state index contributed by atoms with van der Waals surface area (Å²) < 4.78 is 0. The molecule has 1 fully saturated rings. The summed E-state index contributed by atoms with van der Waals surface area (Å²) in [4.78, 5) is 28.7. The zero-order valence-corrected chi connectivity index (χ0v) is 12.3. The lowest BCUT2D eigenvalue weighted by molar-refractivity contribution is -0.129. The Bertz CT molecular complexity index is 488. The Labute approximate surface area is 116 Å². The van der Waals surface area contributed by atoms with Gasteiger partial charge >= 0.3 is 0 Å². The molecular formula is C13H19N3O2S. The molecular weight excluding hydrogens is 262 g/mol. The third-order valence-corrected chi connectivity index (χ3v) is 4.58. The van der Waals surface area contributed by atoms with E-state index in [2.05, 4.69) is 15.6 Å². The summed E-state index contributed by atoms with van der Waals surface area (Å²) in [6, 6.07) is -0.0312. The highest BCUT2D eigenvalue weighted by atomic mass is 32.1. The number of piperidine rings is 1. The average Bonchev–Trinajstić information content (AvgIpc) is 2.69. The third-order valence-electron chi connectivity index (χ3n) is 3.33. The fourth-order valence-electron chi connectivity index (χ4n) is 2.30. The van der Waals surface area contributed by atoms with E-state index in [4.69, 9.17) is 0 Å². The van der Waals surface area contributed by atoms with E-state index >= 15 is 0 Å². The van der Waals surface area contributed by atoms with Crippen molar-refractivity contribution in [2.45, 2.75) is 39.7 Å². The van der Waals surface area contributed by atoms with Gasteiger partial charge < -0.3 is 10.6 Å². The van der Waals surface area contributed by atoms with Crippen LogP contribution in [0.1, 0.15) is 41.4 Å². The molecule has 6 heteroatoms. The summed E-state index contributed by atoms with van der Waals surface area (Å²) in [5, 5.41) is 6.76. The molecule has 5 nitrogen and oxygen atoms in total. The van der Waals surface area contributed by atoms with Crippen LogP contribution >= 0.6 is 11.3 Å². The van der Waals surface area contributed by atoms with Gasteiger partial charge in [-0.1, -0.05) is 0 Å². The number of aryl methyl sites for hydroxylation is 2. The van der Waals surface area contributed by atoms with Crippen LogP contribution in [0.3, 0.4) is 0 Å². The van der Waals surface area contributed by atoms with Crippen LogP contribution in [0.15, 0.2) is 0 Å². The van der Waals surface area contributed by atoms with Crippen molar-refractivity contribution >= 4 is 23.2 Å². The Balaban J connectivity index is 1.95. The van der Waals surface area contributed by atoms with Crippen molar-refractivity contribution in [3.05, 3.63) is 15.6 Å². The first-order valence-corrected chi connectivity index (χ1v) is 7.30. The molecule has 104 valence electrons. The first-order chi connectivity index (χ1) is 8.97. The molecule has 1 aromatic rings. The second-order valence-electron chi connectivity index (χ2n) is 4.95. The van der Waals surface area contributed by atoms with Gasteiger partial charge in [-0.15, -0.1) is 11.3 Å². The van der Waals surface area contributed by atoms with Gasteiger partial charge in [-0.2, -0.15) is 0 Å². The molecule has 0 radical (unpaired) electrons. The van der Waals surface area contributed by atoms with E-state index in [-0.39, 0.29) is 23.8 Å². The van der Waals surface area contributed by atoms with E-state index in [1.54, 1.807) is 11.3 Å². The van der Waals surface area contributed by atoms with Crippen molar-refractivity contribution in [1.29, 1.82) is 0 Å². The monoisotopic (exact) mass is 281 g/mol. The van der Waals surface area contributed by atoms with Crippen molar-refractivity contribution in [2.75, 3.05) is 6.54 Å². The Kier molecular flexibility index (Phi) is 4.19. The highest BCUT2D eigenvalue weighted by Gasteiger charge is 2.26. The predicted molar refractivity (Wildman–Crippen MR) is 73.9 cm³/mol. The molecule has 2 atom stereocenters. The van der Waals surface area contributed by atoms with Crippen molar-refractivity contribution in [3.8, 4) is 0 Å². The number of rotatable bonds is 3. The fourth-order valence-corrected chi connectivity index (χ4v) is 3.23. The van der Waals surface area contributed by atoms with E-state index in [9.17, 15) is 9.59 Å². The highest BCUT2D eigenvalue weighted by molar-refractivity contribution is 7.11. The van der Waals surface area contributed by atoms with Crippen LogP contribution < -0.4 is 10.6 Å². The van der Waals surface area contributed by atoms with Crippen molar-refractivity contribution in [3.63, 3.8) is 0 Å². The lowest BCUT2D eigenvalue weighted by atomic mass is 9.98. The topological polar surface area (TPSA) is 71.1 Å². The zero-order chi connectivity index (χ0) is 14.0. The van der Waals surface area contributed by atoms with Gasteiger partial charge in [0, 0.05) is 17.8 Å². The molecule has 1 saturated heterocycles. The summed E-state index contributed by atoms with van der Waals surface area (Å²) in [5.74, 6) is -0.0709. The number of aromatic nitrogens is 1. The number of hydrogen-bond donors (Lipinski definition) is 2. The molecule has 0 aromatic carbocycles. The maximum Gasteiger partial charge on any atom is 0.225 e. The quantitative estimate of drug-likeness (QED) is 0.881. The molecule has 1 aliphatic rings. The second kappa shape index (κ2) is 5.69. The number of nitrogens with zero attached hydrogens (tertiary/aromatic N) is 1. The van der Waals surface area contributed by atoms with Crippen LogP contribution in [0.2, 0.25) is 0 Å². The molecule has 0 spiro atoms. The number of amides is 2. The van der Waals surface area contributed by atoms with Crippen LogP contribution in [0.25, 0.3) is 0 Å². The van der Waals surface area contributed by atoms with Crippen LogP contribution in [0.5, 0.6) is 0 Å². The van der Waals surface area contributed by atoms with Gasteiger partial charge in [-0.05, 0) is 27.2 Å². The SMILES string of the molecule is Cc1nc(C)c(C(C)NC(=O)C2CCC(=O)NC2)s1. The normalized spacial score (nSPS) is 20.8. The molecule has 1 aromatic heterocycles. The summed E-state index contributed by atoms with van der Waals surface area (Å²) in [6.45, 7) is 6.34. The van der Waals surface area contributed by atoms with Gasteiger partial charge in [0.2, 0.25) is 11.8 Å². The van der Waals surface area contributed by atoms with Gasteiger partial charge in [-0.25, -0.2) is 4.98 Å². The molecule has 2 amide bonds. The number of carbonyl (C=O) groups is 2.